The molecule has 436 valence electrons. The molecular weight excluding hydrogens is 911 g/mol. The zero-order chi connectivity index (χ0) is 53.6. The second-order valence-electron chi connectivity index (χ2n) is 22.8. The standard InChI is InChI=1S/C68H129NO5/c1-3-5-7-9-11-13-15-17-19-21-22-23-24-25-26-27-28-30-32-36-40-44-48-52-56-60-66(71)65(64-70)69-67(72)61-57-53-49-45-41-37-33-31-35-39-43-47-51-55-59-63-74-68(73)62-58-54-50-46-42-38-34-29-20-18-16-14-12-10-8-6-4-2/h18,20,31,35,39,43,65-66,70-71H,3-17,19,21-30,32-34,36-38,40-42,44-64H2,1-2H3,(H,69,72)/b20-18-,35-31-,43-39-. The number of nitrogens with one attached hydrogen (secondary N) is 1. The van der Waals surface area contributed by atoms with Crippen LogP contribution in [-0.2, 0) is 14.3 Å². The highest BCUT2D eigenvalue weighted by molar-refractivity contribution is 5.76. The number of carbonyl (C=O) groups is 2. The number of aliphatic hydroxyl groups excluding tert-OH is 2. The quantitative estimate of drug-likeness (QED) is 0.0244. The second kappa shape index (κ2) is 63.6. The van der Waals surface area contributed by atoms with Gasteiger partial charge in [-0.1, -0.05) is 301 Å². The topological polar surface area (TPSA) is 95.9 Å². The third-order valence-electron chi connectivity index (χ3n) is 15.4. The molecule has 6 nitrogen and oxygen atoms in total. The number of esters is 1. The van der Waals surface area contributed by atoms with E-state index in [0.29, 0.717) is 25.9 Å². The molecule has 6 heteroatoms. The zero-order valence-electron chi connectivity index (χ0n) is 49.8. The van der Waals surface area contributed by atoms with Crippen molar-refractivity contribution in [1.29, 1.82) is 0 Å². The van der Waals surface area contributed by atoms with Gasteiger partial charge in [0, 0.05) is 12.8 Å². The molecule has 0 saturated heterocycles. The molecule has 3 N–H and O–H groups in total. The number of carbonyl (C=O) groups excluding carboxylic acids is 2. The van der Waals surface area contributed by atoms with Gasteiger partial charge in [-0.3, -0.25) is 9.59 Å². The van der Waals surface area contributed by atoms with Crippen LogP contribution in [0.4, 0.5) is 0 Å². The van der Waals surface area contributed by atoms with Crippen molar-refractivity contribution in [2.24, 2.45) is 0 Å². The molecule has 0 saturated carbocycles. The Balaban J connectivity index is 3.49. The van der Waals surface area contributed by atoms with Crippen LogP contribution in [0.15, 0.2) is 36.5 Å². The minimum absolute atomic E-state index is 0.0241. The third-order valence-corrected chi connectivity index (χ3v) is 15.4. The maximum atomic E-state index is 12.5. The lowest BCUT2D eigenvalue weighted by atomic mass is 10.0. The molecule has 0 spiro atoms. The first-order valence-corrected chi connectivity index (χ1v) is 33.3. The van der Waals surface area contributed by atoms with Crippen LogP contribution in [0.1, 0.15) is 361 Å². The molecule has 0 rings (SSSR count). The van der Waals surface area contributed by atoms with Crippen LogP contribution in [0.5, 0.6) is 0 Å². The summed E-state index contributed by atoms with van der Waals surface area (Å²) >= 11 is 0. The molecule has 2 unspecified atom stereocenters. The summed E-state index contributed by atoms with van der Waals surface area (Å²) < 4.78 is 5.46. The van der Waals surface area contributed by atoms with Crippen molar-refractivity contribution in [3.8, 4) is 0 Å². The molecular formula is C68H129NO5. The molecule has 2 atom stereocenters. The molecule has 0 aliphatic heterocycles. The molecule has 0 aliphatic carbocycles. The molecule has 0 radical (unpaired) electrons. The number of hydrogen-bond donors (Lipinski definition) is 3. The van der Waals surface area contributed by atoms with E-state index in [0.717, 1.165) is 77.0 Å². The lowest BCUT2D eigenvalue weighted by molar-refractivity contribution is -0.143. The number of ether oxygens (including phenoxy) is 1. The summed E-state index contributed by atoms with van der Waals surface area (Å²) in [5.74, 6) is -0.0782. The fourth-order valence-electron chi connectivity index (χ4n) is 10.3. The average Bonchev–Trinajstić information content (AvgIpc) is 3.40. The summed E-state index contributed by atoms with van der Waals surface area (Å²) in [5.41, 5.74) is 0. The highest BCUT2D eigenvalue weighted by Crippen LogP contribution is 2.18. The van der Waals surface area contributed by atoms with Crippen LogP contribution in [0.25, 0.3) is 0 Å². The summed E-state index contributed by atoms with van der Waals surface area (Å²) in [6, 6.07) is -0.560. The van der Waals surface area contributed by atoms with Crippen molar-refractivity contribution >= 4 is 11.9 Å². The SMILES string of the molecule is CCCCCCCC/C=C\CCCCCCCCCC(=O)OCCCCC/C=C\C=C/CCCCCCCCC(=O)NC(CO)C(O)CCCCCCCCCCCCCCCCCCCCCCCCCCC. The van der Waals surface area contributed by atoms with Gasteiger partial charge in [-0.2, -0.15) is 0 Å². The number of hydrogen-bond acceptors (Lipinski definition) is 5. The number of aliphatic hydroxyl groups is 2. The highest BCUT2D eigenvalue weighted by Gasteiger charge is 2.20. The van der Waals surface area contributed by atoms with Crippen LogP contribution >= 0.6 is 0 Å². The van der Waals surface area contributed by atoms with E-state index >= 15 is 0 Å². The molecule has 0 aliphatic rings. The smallest absolute Gasteiger partial charge is 0.305 e. The predicted molar refractivity (Wildman–Crippen MR) is 324 cm³/mol. The summed E-state index contributed by atoms with van der Waals surface area (Å²) in [6.45, 7) is 4.92. The fraction of sp³-hybridized carbons (Fsp3) is 0.882. The van der Waals surface area contributed by atoms with E-state index in [2.05, 4.69) is 55.6 Å². The van der Waals surface area contributed by atoms with Gasteiger partial charge in [-0.25, -0.2) is 0 Å². The van der Waals surface area contributed by atoms with Gasteiger partial charge in [-0.15, -0.1) is 0 Å². The summed E-state index contributed by atoms with van der Waals surface area (Å²) in [4.78, 5) is 24.6. The van der Waals surface area contributed by atoms with Crippen molar-refractivity contribution in [1.82, 2.24) is 5.32 Å². The lowest BCUT2D eigenvalue weighted by Crippen LogP contribution is -2.45. The van der Waals surface area contributed by atoms with Gasteiger partial charge in [0.1, 0.15) is 0 Å². The molecule has 1 amide bonds. The normalized spacial score (nSPS) is 12.8. The van der Waals surface area contributed by atoms with E-state index in [4.69, 9.17) is 4.74 Å². The van der Waals surface area contributed by atoms with Crippen LogP contribution in [0.2, 0.25) is 0 Å². The van der Waals surface area contributed by atoms with Crippen LogP contribution in [0.3, 0.4) is 0 Å². The Labute approximate surface area is 462 Å². The Bertz CT molecular complexity index is 1200. The van der Waals surface area contributed by atoms with Gasteiger partial charge in [0.2, 0.25) is 5.91 Å². The van der Waals surface area contributed by atoms with Crippen molar-refractivity contribution < 1.29 is 24.5 Å². The fourth-order valence-corrected chi connectivity index (χ4v) is 10.3. The van der Waals surface area contributed by atoms with E-state index in [1.54, 1.807) is 0 Å². The Morgan fingerprint density at radius 3 is 1.04 bits per heavy atom. The van der Waals surface area contributed by atoms with Crippen molar-refractivity contribution in [3.63, 3.8) is 0 Å². The average molecular weight is 1040 g/mol. The third kappa shape index (κ3) is 59.3. The summed E-state index contributed by atoms with van der Waals surface area (Å²) in [6.07, 6.45) is 80.3. The van der Waals surface area contributed by atoms with E-state index in [-0.39, 0.29) is 18.5 Å². The Morgan fingerprint density at radius 1 is 0.378 bits per heavy atom. The molecule has 0 bridgehead atoms. The number of rotatable bonds is 62. The molecule has 0 aromatic carbocycles. The lowest BCUT2D eigenvalue weighted by Gasteiger charge is -2.22. The van der Waals surface area contributed by atoms with E-state index in [1.165, 1.54) is 250 Å². The maximum Gasteiger partial charge on any atom is 0.305 e. The Kier molecular flexibility index (Phi) is 62.0. The highest BCUT2D eigenvalue weighted by atomic mass is 16.5. The first kappa shape index (κ1) is 72.1. The first-order chi connectivity index (χ1) is 36.5. The zero-order valence-corrected chi connectivity index (χ0v) is 49.8. The summed E-state index contributed by atoms with van der Waals surface area (Å²) in [7, 11) is 0. The molecule has 0 aromatic heterocycles. The Hall–Kier alpha value is -1.92. The molecule has 74 heavy (non-hydrogen) atoms. The molecule has 0 aromatic rings. The van der Waals surface area contributed by atoms with Crippen molar-refractivity contribution in [3.05, 3.63) is 36.5 Å². The van der Waals surface area contributed by atoms with Gasteiger partial charge < -0.3 is 20.3 Å². The van der Waals surface area contributed by atoms with Gasteiger partial charge in [0.25, 0.3) is 0 Å². The number of allylic oxidation sites excluding steroid dienone is 6. The van der Waals surface area contributed by atoms with Crippen molar-refractivity contribution in [2.45, 2.75) is 373 Å². The van der Waals surface area contributed by atoms with Gasteiger partial charge >= 0.3 is 5.97 Å². The van der Waals surface area contributed by atoms with Gasteiger partial charge in [0.15, 0.2) is 0 Å². The molecule has 0 heterocycles. The van der Waals surface area contributed by atoms with Crippen LogP contribution in [0, 0.1) is 0 Å². The van der Waals surface area contributed by atoms with E-state index < -0.39 is 12.1 Å². The first-order valence-electron chi connectivity index (χ1n) is 33.3. The van der Waals surface area contributed by atoms with E-state index in [1.807, 2.05) is 0 Å². The van der Waals surface area contributed by atoms with Crippen LogP contribution in [-0.4, -0.2) is 47.4 Å². The minimum atomic E-state index is -0.681. The predicted octanol–water partition coefficient (Wildman–Crippen LogP) is 21.1. The van der Waals surface area contributed by atoms with Gasteiger partial charge in [0.05, 0.1) is 25.4 Å². The monoisotopic (exact) mass is 1040 g/mol. The van der Waals surface area contributed by atoms with Crippen LogP contribution < -0.4 is 5.32 Å². The molecule has 0 fully saturated rings. The Morgan fingerprint density at radius 2 is 0.676 bits per heavy atom. The minimum Gasteiger partial charge on any atom is -0.466 e. The number of unbranched alkanes of at least 4 members (excludes halogenated alkanes) is 46. The number of amides is 1. The van der Waals surface area contributed by atoms with Gasteiger partial charge in [-0.05, 0) is 83.5 Å². The summed E-state index contributed by atoms with van der Waals surface area (Å²) in [5, 5.41) is 23.4. The van der Waals surface area contributed by atoms with Crippen molar-refractivity contribution in [2.75, 3.05) is 13.2 Å². The largest absolute Gasteiger partial charge is 0.466 e. The maximum absolute atomic E-state index is 12.5. The van der Waals surface area contributed by atoms with E-state index in [9.17, 15) is 19.8 Å². The second-order valence-corrected chi connectivity index (χ2v) is 22.8.